The highest BCUT2D eigenvalue weighted by atomic mass is 16.5. The highest BCUT2D eigenvalue weighted by molar-refractivity contribution is 5.17. The monoisotopic (exact) mass is 252 g/mol. The molecule has 8 nitrogen and oxygen atoms in total. The van der Waals surface area contributed by atoms with Crippen LogP contribution < -0.4 is 10.6 Å². The lowest BCUT2D eigenvalue weighted by Crippen LogP contribution is -2.12. The van der Waals surface area contributed by atoms with Crippen molar-refractivity contribution in [1.29, 1.82) is 0 Å². The molecule has 0 aliphatic carbocycles. The summed E-state index contributed by atoms with van der Waals surface area (Å²) in [4.78, 5) is 4.09. The Morgan fingerprint density at radius 2 is 2.17 bits per heavy atom. The molecule has 2 N–H and O–H groups in total. The Labute approximate surface area is 104 Å². The van der Waals surface area contributed by atoms with Crippen molar-refractivity contribution >= 4 is 6.01 Å². The fourth-order valence-corrected chi connectivity index (χ4v) is 1.32. The van der Waals surface area contributed by atoms with Crippen LogP contribution in [0.4, 0.5) is 6.01 Å². The molecular formula is C10H16N6O2. The van der Waals surface area contributed by atoms with E-state index in [2.05, 4.69) is 31.0 Å². The number of anilines is 1. The predicted octanol–water partition coefficient (Wildman–Crippen LogP) is 0.696. The first kappa shape index (κ1) is 12.5. The van der Waals surface area contributed by atoms with Gasteiger partial charge in [-0.15, -0.1) is 5.10 Å². The summed E-state index contributed by atoms with van der Waals surface area (Å²) in [7, 11) is 1.83. The first-order valence-electron chi connectivity index (χ1n) is 5.72. The van der Waals surface area contributed by atoms with Crippen molar-refractivity contribution in [1.82, 2.24) is 25.7 Å². The van der Waals surface area contributed by atoms with Gasteiger partial charge in [0.1, 0.15) is 0 Å². The molecule has 0 aliphatic rings. The third-order valence-electron chi connectivity index (χ3n) is 2.43. The standard InChI is InChI=1S/C10H16N6O2/c1-6(11-3)9-14-15-10(17-9)12-5-4-8-13-7(2)16-18-8/h6,11H,4-5H2,1-3H3,(H,12,15). The minimum atomic E-state index is 0.0339. The fourth-order valence-electron chi connectivity index (χ4n) is 1.32. The van der Waals surface area contributed by atoms with E-state index in [0.717, 1.165) is 0 Å². The minimum absolute atomic E-state index is 0.0339. The van der Waals surface area contributed by atoms with E-state index in [9.17, 15) is 0 Å². The van der Waals surface area contributed by atoms with Gasteiger partial charge in [0.2, 0.25) is 11.8 Å². The zero-order valence-electron chi connectivity index (χ0n) is 10.6. The summed E-state index contributed by atoms with van der Waals surface area (Å²) in [5.74, 6) is 1.77. The van der Waals surface area contributed by atoms with E-state index >= 15 is 0 Å². The number of hydrogen-bond acceptors (Lipinski definition) is 8. The Balaban J connectivity index is 1.81. The molecule has 0 aliphatic heterocycles. The van der Waals surface area contributed by atoms with Crippen LogP contribution in [0.15, 0.2) is 8.94 Å². The third kappa shape index (κ3) is 3.04. The predicted molar refractivity (Wildman–Crippen MR) is 63.0 cm³/mol. The third-order valence-corrected chi connectivity index (χ3v) is 2.43. The average Bonchev–Trinajstić information content (AvgIpc) is 2.98. The largest absolute Gasteiger partial charge is 0.406 e. The molecule has 2 aromatic heterocycles. The summed E-state index contributed by atoms with van der Waals surface area (Å²) in [6.45, 7) is 4.32. The van der Waals surface area contributed by atoms with Crippen LogP contribution in [0.25, 0.3) is 0 Å². The van der Waals surface area contributed by atoms with Crippen molar-refractivity contribution < 1.29 is 8.94 Å². The Morgan fingerprint density at radius 1 is 1.33 bits per heavy atom. The topological polar surface area (TPSA) is 102 Å². The molecule has 2 aromatic rings. The van der Waals surface area contributed by atoms with Gasteiger partial charge in [0, 0.05) is 13.0 Å². The van der Waals surface area contributed by atoms with Gasteiger partial charge in [0.25, 0.3) is 0 Å². The Hall–Kier alpha value is -1.96. The second kappa shape index (κ2) is 5.58. The van der Waals surface area contributed by atoms with Crippen LogP contribution in [0.5, 0.6) is 0 Å². The van der Waals surface area contributed by atoms with Gasteiger partial charge in [-0.25, -0.2) is 0 Å². The lowest BCUT2D eigenvalue weighted by Gasteiger charge is -2.02. The van der Waals surface area contributed by atoms with Crippen LogP contribution >= 0.6 is 0 Å². The molecule has 2 rings (SSSR count). The maximum absolute atomic E-state index is 5.42. The van der Waals surface area contributed by atoms with E-state index in [-0.39, 0.29) is 6.04 Å². The summed E-state index contributed by atoms with van der Waals surface area (Å²) in [6, 6.07) is 0.426. The maximum atomic E-state index is 5.42. The minimum Gasteiger partial charge on any atom is -0.406 e. The van der Waals surface area contributed by atoms with Crippen LogP contribution in [0.3, 0.4) is 0 Å². The first-order chi connectivity index (χ1) is 8.69. The summed E-state index contributed by atoms with van der Waals surface area (Å²) in [6.07, 6.45) is 0.611. The Morgan fingerprint density at radius 3 is 2.83 bits per heavy atom. The molecule has 0 radical (unpaired) electrons. The molecule has 0 aromatic carbocycles. The molecule has 0 bridgehead atoms. The second-order valence-electron chi connectivity index (χ2n) is 3.87. The Bertz CT molecular complexity index is 494. The summed E-state index contributed by atoms with van der Waals surface area (Å²) < 4.78 is 10.4. The fraction of sp³-hybridized carbons (Fsp3) is 0.600. The average molecular weight is 252 g/mol. The van der Waals surface area contributed by atoms with E-state index in [0.29, 0.717) is 36.6 Å². The van der Waals surface area contributed by atoms with Crippen LogP contribution in [0, 0.1) is 6.92 Å². The number of rotatable bonds is 6. The summed E-state index contributed by atoms with van der Waals surface area (Å²) in [5, 5.41) is 17.5. The molecule has 0 amide bonds. The van der Waals surface area contributed by atoms with Gasteiger partial charge in [-0.3, -0.25) is 0 Å². The quantitative estimate of drug-likeness (QED) is 0.774. The maximum Gasteiger partial charge on any atom is 0.315 e. The van der Waals surface area contributed by atoms with Gasteiger partial charge in [0.15, 0.2) is 5.82 Å². The van der Waals surface area contributed by atoms with Crippen molar-refractivity contribution in [2.24, 2.45) is 0 Å². The molecule has 1 atom stereocenters. The van der Waals surface area contributed by atoms with E-state index in [1.54, 1.807) is 6.92 Å². The summed E-state index contributed by atoms with van der Waals surface area (Å²) in [5.41, 5.74) is 0. The van der Waals surface area contributed by atoms with Gasteiger partial charge in [-0.05, 0) is 20.9 Å². The number of aryl methyl sites for hydroxylation is 1. The molecule has 0 saturated heterocycles. The van der Waals surface area contributed by atoms with E-state index in [4.69, 9.17) is 8.94 Å². The van der Waals surface area contributed by atoms with Crippen LogP contribution in [-0.4, -0.2) is 33.9 Å². The zero-order chi connectivity index (χ0) is 13.0. The molecule has 18 heavy (non-hydrogen) atoms. The molecular weight excluding hydrogens is 236 g/mol. The molecule has 0 spiro atoms. The number of hydrogen-bond donors (Lipinski definition) is 2. The molecule has 0 saturated carbocycles. The van der Waals surface area contributed by atoms with Crippen molar-refractivity contribution in [3.05, 3.63) is 17.6 Å². The van der Waals surface area contributed by atoms with Crippen LogP contribution in [0.1, 0.15) is 30.6 Å². The van der Waals surface area contributed by atoms with Crippen molar-refractivity contribution in [2.75, 3.05) is 18.9 Å². The van der Waals surface area contributed by atoms with Crippen molar-refractivity contribution in [3.63, 3.8) is 0 Å². The lowest BCUT2D eigenvalue weighted by atomic mass is 10.3. The molecule has 98 valence electrons. The van der Waals surface area contributed by atoms with Gasteiger partial charge in [-0.2, -0.15) is 4.98 Å². The molecule has 8 heteroatoms. The van der Waals surface area contributed by atoms with E-state index in [1.165, 1.54) is 0 Å². The highest BCUT2D eigenvalue weighted by Gasteiger charge is 2.11. The van der Waals surface area contributed by atoms with E-state index < -0.39 is 0 Å². The molecule has 0 fully saturated rings. The molecule has 1 unspecified atom stereocenters. The molecule has 2 heterocycles. The lowest BCUT2D eigenvalue weighted by molar-refractivity contribution is 0.376. The Kier molecular flexibility index (Phi) is 3.88. The van der Waals surface area contributed by atoms with E-state index in [1.807, 2.05) is 14.0 Å². The van der Waals surface area contributed by atoms with Crippen molar-refractivity contribution in [2.45, 2.75) is 26.3 Å². The number of nitrogens with zero attached hydrogens (tertiary/aromatic N) is 4. The smallest absolute Gasteiger partial charge is 0.315 e. The zero-order valence-corrected chi connectivity index (χ0v) is 10.6. The summed E-state index contributed by atoms with van der Waals surface area (Å²) >= 11 is 0. The number of aromatic nitrogens is 4. The van der Waals surface area contributed by atoms with Crippen LogP contribution in [0.2, 0.25) is 0 Å². The van der Waals surface area contributed by atoms with Gasteiger partial charge in [-0.1, -0.05) is 10.3 Å². The van der Waals surface area contributed by atoms with Gasteiger partial charge >= 0.3 is 6.01 Å². The van der Waals surface area contributed by atoms with Gasteiger partial charge in [0.05, 0.1) is 6.04 Å². The first-order valence-corrected chi connectivity index (χ1v) is 5.72. The highest BCUT2D eigenvalue weighted by Crippen LogP contribution is 2.12. The SMILES string of the molecule is CNC(C)c1nnc(NCCc2nc(C)no2)o1. The van der Waals surface area contributed by atoms with Crippen LogP contribution in [-0.2, 0) is 6.42 Å². The van der Waals surface area contributed by atoms with Crippen molar-refractivity contribution in [3.8, 4) is 0 Å². The normalized spacial score (nSPS) is 12.6. The second-order valence-corrected chi connectivity index (χ2v) is 3.87. The van der Waals surface area contributed by atoms with Gasteiger partial charge < -0.3 is 19.6 Å². The number of nitrogens with one attached hydrogen (secondary N) is 2.